The van der Waals surface area contributed by atoms with Crippen LogP contribution in [0.25, 0.3) is 6.08 Å². The zero-order valence-electron chi connectivity index (χ0n) is 15.8. The van der Waals surface area contributed by atoms with Crippen molar-refractivity contribution in [1.82, 2.24) is 4.98 Å². The number of ether oxygens (including phenoxy) is 1. The summed E-state index contributed by atoms with van der Waals surface area (Å²) in [5, 5.41) is 11.3. The van der Waals surface area contributed by atoms with Crippen LogP contribution >= 0.6 is 11.3 Å². The summed E-state index contributed by atoms with van der Waals surface area (Å²) in [5.74, 6) is -0.871. The number of para-hydroxylation sites is 1. The summed E-state index contributed by atoms with van der Waals surface area (Å²) >= 11 is 1.28. The van der Waals surface area contributed by atoms with Gasteiger partial charge >= 0.3 is 5.97 Å². The smallest absolute Gasteiger partial charge is 0.348 e. The number of carbonyl (C=O) groups excluding carboxylic acids is 2. The lowest BCUT2D eigenvalue weighted by molar-refractivity contribution is -0.135. The van der Waals surface area contributed by atoms with E-state index in [-0.39, 0.29) is 11.5 Å². The molecule has 6 nitrogen and oxygen atoms in total. The molecule has 1 amide bonds. The van der Waals surface area contributed by atoms with E-state index in [2.05, 4.69) is 9.72 Å². The van der Waals surface area contributed by atoms with Gasteiger partial charge in [-0.05, 0) is 30.0 Å². The van der Waals surface area contributed by atoms with Crippen molar-refractivity contribution in [1.29, 1.82) is 5.26 Å². The van der Waals surface area contributed by atoms with Crippen molar-refractivity contribution in [3.8, 4) is 6.07 Å². The Kier molecular flexibility index (Phi) is 6.85. The van der Waals surface area contributed by atoms with Crippen molar-refractivity contribution in [2.45, 2.75) is 33.6 Å². The average Bonchev–Trinajstić information content (AvgIpc) is 3.13. The molecule has 0 aliphatic rings. The summed E-state index contributed by atoms with van der Waals surface area (Å²) < 4.78 is 4.58. The van der Waals surface area contributed by atoms with Crippen molar-refractivity contribution < 1.29 is 14.3 Å². The van der Waals surface area contributed by atoms with Crippen LogP contribution in [-0.4, -0.2) is 24.0 Å². The van der Waals surface area contributed by atoms with Gasteiger partial charge in [-0.15, -0.1) is 11.3 Å². The maximum absolute atomic E-state index is 12.5. The Morgan fingerprint density at radius 3 is 2.41 bits per heavy atom. The predicted molar refractivity (Wildman–Crippen MR) is 106 cm³/mol. The molecule has 0 aliphatic heterocycles. The molecule has 1 aromatic carbocycles. The Morgan fingerprint density at radius 1 is 1.30 bits per heavy atom. The molecule has 0 unspecified atom stereocenters. The third-order valence-electron chi connectivity index (χ3n) is 4.02. The van der Waals surface area contributed by atoms with Crippen molar-refractivity contribution in [2.75, 3.05) is 12.0 Å². The molecule has 0 saturated carbocycles. The highest BCUT2D eigenvalue weighted by atomic mass is 32.1. The highest BCUT2D eigenvalue weighted by Crippen LogP contribution is 2.35. The van der Waals surface area contributed by atoms with Gasteiger partial charge in [0.25, 0.3) is 0 Å². The molecule has 0 bridgehead atoms. The van der Waals surface area contributed by atoms with E-state index in [0.717, 1.165) is 29.7 Å². The Hall–Kier alpha value is -2.98. The second-order valence-electron chi connectivity index (χ2n) is 5.70. The van der Waals surface area contributed by atoms with Crippen LogP contribution in [0.4, 0.5) is 10.8 Å². The number of esters is 1. The van der Waals surface area contributed by atoms with E-state index in [4.69, 9.17) is 5.26 Å². The molecule has 0 aliphatic carbocycles. The predicted octanol–water partition coefficient (Wildman–Crippen LogP) is 4.03. The lowest BCUT2D eigenvalue weighted by Gasteiger charge is -2.24. The lowest BCUT2D eigenvalue weighted by atomic mass is 10.0. The Bertz CT molecular complexity index is 903. The Labute approximate surface area is 162 Å². The minimum absolute atomic E-state index is 0.146. The summed E-state index contributed by atoms with van der Waals surface area (Å²) in [5.41, 5.74) is 3.25. The number of aromatic nitrogens is 1. The molecule has 0 spiro atoms. The molecule has 0 radical (unpaired) electrons. The molecule has 0 atom stereocenters. The van der Waals surface area contributed by atoms with Gasteiger partial charge in [0, 0.05) is 12.3 Å². The van der Waals surface area contributed by atoms with Crippen LogP contribution in [0.15, 0.2) is 29.2 Å². The number of aryl methyl sites for hydroxylation is 2. The van der Waals surface area contributed by atoms with Crippen LogP contribution < -0.4 is 4.90 Å². The number of hydrogen-bond donors (Lipinski definition) is 0. The van der Waals surface area contributed by atoms with Gasteiger partial charge in [-0.2, -0.15) is 5.26 Å². The molecule has 0 saturated heterocycles. The fraction of sp³-hybridized carbons (Fsp3) is 0.300. The number of nitrogens with zero attached hydrogens (tertiary/aromatic N) is 3. The molecule has 2 aromatic rings. The summed E-state index contributed by atoms with van der Waals surface area (Å²) in [6, 6.07) is 7.80. The Balaban J connectivity index is 2.55. The largest absolute Gasteiger partial charge is 0.465 e. The number of carbonyl (C=O) groups is 2. The van der Waals surface area contributed by atoms with Gasteiger partial charge in [-0.25, -0.2) is 9.78 Å². The van der Waals surface area contributed by atoms with Gasteiger partial charge in [-0.3, -0.25) is 9.69 Å². The third kappa shape index (κ3) is 4.41. The fourth-order valence-electron chi connectivity index (χ4n) is 2.73. The van der Waals surface area contributed by atoms with Gasteiger partial charge in [0.2, 0.25) is 5.91 Å². The van der Waals surface area contributed by atoms with E-state index in [1.807, 2.05) is 32.0 Å². The topological polar surface area (TPSA) is 83.3 Å². The van der Waals surface area contributed by atoms with Crippen molar-refractivity contribution in [2.24, 2.45) is 0 Å². The number of amides is 1. The van der Waals surface area contributed by atoms with E-state index in [0.29, 0.717) is 10.8 Å². The molecule has 1 aromatic heterocycles. The van der Waals surface area contributed by atoms with E-state index < -0.39 is 5.97 Å². The van der Waals surface area contributed by atoms with Crippen LogP contribution in [0.5, 0.6) is 0 Å². The van der Waals surface area contributed by atoms with Gasteiger partial charge in [0.05, 0.1) is 18.5 Å². The molecule has 0 fully saturated rings. The van der Waals surface area contributed by atoms with Crippen LogP contribution in [0.3, 0.4) is 0 Å². The normalized spacial score (nSPS) is 11.0. The average molecular weight is 383 g/mol. The SMILES string of the molecule is CCc1cccc(CC)c1N(C(C)=O)c1nc(C=C(C#N)C(=O)OC)cs1. The third-order valence-corrected chi connectivity index (χ3v) is 4.87. The van der Waals surface area contributed by atoms with Crippen molar-refractivity contribution in [3.05, 3.63) is 46.0 Å². The molecule has 27 heavy (non-hydrogen) atoms. The molecule has 140 valence electrons. The number of anilines is 2. The van der Waals surface area contributed by atoms with Crippen molar-refractivity contribution in [3.63, 3.8) is 0 Å². The number of hydrogen-bond acceptors (Lipinski definition) is 6. The number of rotatable bonds is 6. The van der Waals surface area contributed by atoms with E-state index in [1.54, 1.807) is 16.3 Å². The molecule has 2 rings (SSSR count). The van der Waals surface area contributed by atoms with Gasteiger partial charge in [0.1, 0.15) is 11.6 Å². The highest BCUT2D eigenvalue weighted by Gasteiger charge is 2.23. The first-order valence-electron chi connectivity index (χ1n) is 8.53. The second kappa shape index (κ2) is 9.10. The fourth-order valence-corrected chi connectivity index (χ4v) is 3.56. The van der Waals surface area contributed by atoms with Crippen molar-refractivity contribution >= 4 is 40.1 Å². The first-order valence-corrected chi connectivity index (χ1v) is 9.41. The molecule has 0 N–H and O–H groups in total. The van der Waals surface area contributed by atoms with Crippen LogP contribution in [0.2, 0.25) is 0 Å². The number of methoxy groups -OCH3 is 1. The van der Waals surface area contributed by atoms with Gasteiger partial charge in [0.15, 0.2) is 5.13 Å². The van der Waals surface area contributed by atoms with E-state index in [1.165, 1.54) is 31.4 Å². The Morgan fingerprint density at radius 2 is 1.93 bits per heavy atom. The molecular formula is C20H21N3O3S. The molecular weight excluding hydrogens is 362 g/mol. The number of thiazole rings is 1. The second-order valence-corrected chi connectivity index (χ2v) is 6.54. The molecule has 1 heterocycles. The van der Waals surface area contributed by atoms with Gasteiger partial charge < -0.3 is 4.74 Å². The monoisotopic (exact) mass is 383 g/mol. The number of nitriles is 1. The van der Waals surface area contributed by atoms with Gasteiger partial charge in [-0.1, -0.05) is 32.0 Å². The maximum atomic E-state index is 12.5. The summed E-state index contributed by atoms with van der Waals surface area (Å²) in [6.07, 6.45) is 2.93. The standard InChI is InChI=1S/C20H21N3O3S/c1-5-14-8-7-9-15(6-2)18(14)23(13(3)24)20-22-17(12-27-20)10-16(11-21)19(25)26-4/h7-10,12H,5-6H2,1-4H3. The zero-order chi connectivity index (χ0) is 20.0. The summed E-state index contributed by atoms with van der Waals surface area (Å²) in [4.78, 5) is 30.1. The zero-order valence-corrected chi connectivity index (χ0v) is 16.6. The highest BCUT2D eigenvalue weighted by molar-refractivity contribution is 7.14. The maximum Gasteiger partial charge on any atom is 0.348 e. The summed E-state index contributed by atoms with van der Waals surface area (Å²) in [6.45, 7) is 5.59. The lowest BCUT2D eigenvalue weighted by Crippen LogP contribution is -2.25. The first-order chi connectivity index (χ1) is 13.0. The van der Waals surface area contributed by atoms with E-state index in [9.17, 15) is 9.59 Å². The van der Waals surface area contributed by atoms with Crippen LogP contribution in [-0.2, 0) is 27.2 Å². The first kappa shape index (κ1) is 20.3. The summed E-state index contributed by atoms with van der Waals surface area (Å²) in [7, 11) is 1.21. The van der Waals surface area contributed by atoms with Crippen LogP contribution in [0, 0.1) is 11.3 Å². The van der Waals surface area contributed by atoms with E-state index >= 15 is 0 Å². The van der Waals surface area contributed by atoms with Crippen LogP contribution in [0.1, 0.15) is 37.6 Å². The minimum Gasteiger partial charge on any atom is -0.465 e. The number of benzene rings is 1. The minimum atomic E-state index is -0.722. The molecule has 7 heteroatoms. The quantitative estimate of drug-likeness (QED) is 0.427.